The molecule has 0 radical (unpaired) electrons. The molecule has 4 rings (SSSR count). The van der Waals surface area contributed by atoms with Crippen molar-refractivity contribution in [1.82, 2.24) is 19.5 Å². The number of aryl methyl sites for hydroxylation is 1. The second kappa shape index (κ2) is 7.28. The number of hydrogen-bond donors (Lipinski definition) is 0. The van der Waals surface area contributed by atoms with E-state index in [1.54, 1.807) is 0 Å². The van der Waals surface area contributed by atoms with E-state index in [9.17, 15) is 0 Å². The van der Waals surface area contributed by atoms with Crippen LogP contribution in [0.1, 0.15) is 38.2 Å². The van der Waals surface area contributed by atoms with E-state index in [1.165, 1.54) is 31.2 Å². The Balaban J connectivity index is 1.81. The van der Waals surface area contributed by atoms with Gasteiger partial charge in [0.2, 0.25) is 5.28 Å². The van der Waals surface area contributed by atoms with Crippen molar-refractivity contribution in [3.05, 3.63) is 39.8 Å². The summed E-state index contributed by atoms with van der Waals surface area (Å²) >= 11 is 9.83. The highest BCUT2D eigenvalue weighted by molar-refractivity contribution is 9.10. The number of nitrogens with zero attached hydrogens (tertiary/aromatic N) is 4. The smallest absolute Gasteiger partial charge is 0.225 e. The minimum atomic E-state index is 0.234. The van der Waals surface area contributed by atoms with Crippen LogP contribution in [0.2, 0.25) is 5.28 Å². The maximum absolute atomic E-state index is 6.20. The van der Waals surface area contributed by atoms with Gasteiger partial charge in [0.15, 0.2) is 10.4 Å². The molecule has 2 heterocycles. The molecule has 6 heteroatoms. The van der Waals surface area contributed by atoms with Crippen LogP contribution in [0.15, 0.2) is 29.0 Å². The molecule has 136 valence electrons. The Morgan fingerprint density at radius 3 is 2.65 bits per heavy atom. The predicted octanol–water partition coefficient (Wildman–Crippen LogP) is 6.04. The van der Waals surface area contributed by atoms with E-state index in [0.717, 1.165) is 34.0 Å². The number of imidazole rings is 1. The zero-order valence-electron chi connectivity index (χ0n) is 15.0. The summed E-state index contributed by atoms with van der Waals surface area (Å²) in [6, 6.07) is 8.33. The molecule has 0 saturated heterocycles. The van der Waals surface area contributed by atoms with Gasteiger partial charge in [0, 0.05) is 12.1 Å². The minimum absolute atomic E-state index is 0.234. The lowest BCUT2D eigenvalue weighted by molar-refractivity contribution is 0.265. The van der Waals surface area contributed by atoms with Gasteiger partial charge in [-0.1, -0.05) is 43.5 Å². The summed E-state index contributed by atoms with van der Waals surface area (Å²) in [5.74, 6) is 1.51. The first-order chi connectivity index (χ1) is 12.5. The lowest BCUT2D eigenvalue weighted by Crippen LogP contribution is -2.18. The fourth-order valence-electron chi connectivity index (χ4n) is 3.91. The van der Waals surface area contributed by atoms with E-state index >= 15 is 0 Å². The summed E-state index contributed by atoms with van der Waals surface area (Å²) in [4.78, 5) is 13.5. The Kier molecular flexibility index (Phi) is 5.02. The maximum Gasteiger partial charge on any atom is 0.225 e. The van der Waals surface area contributed by atoms with Crippen molar-refractivity contribution >= 4 is 38.7 Å². The summed E-state index contributed by atoms with van der Waals surface area (Å²) in [6.45, 7) is 5.37. The van der Waals surface area contributed by atoms with Gasteiger partial charge in [0.1, 0.15) is 11.2 Å². The Hall–Kier alpha value is -1.46. The number of halogens is 2. The standard InChI is InChI=1S/C20H22BrClN4/c1-12-6-8-14(9-7-12)11-26-17-16(15-5-3-4-13(2)10-15)23-20(22)25-18(17)24-19(26)21/h3-5,10,12,14H,6-9,11H2,1-2H3. The molecule has 1 aliphatic rings. The van der Waals surface area contributed by atoms with Gasteiger partial charge in [0.05, 0.1) is 0 Å². The van der Waals surface area contributed by atoms with Crippen LogP contribution in [0.5, 0.6) is 0 Å². The minimum Gasteiger partial charge on any atom is -0.315 e. The highest BCUT2D eigenvalue weighted by atomic mass is 79.9. The highest BCUT2D eigenvalue weighted by Gasteiger charge is 2.23. The van der Waals surface area contributed by atoms with E-state index < -0.39 is 0 Å². The molecule has 1 saturated carbocycles. The Morgan fingerprint density at radius 1 is 1.15 bits per heavy atom. The van der Waals surface area contributed by atoms with E-state index in [1.807, 2.05) is 6.07 Å². The molecule has 0 atom stereocenters. The first-order valence-corrected chi connectivity index (χ1v) is 10.3. The molecule has 0 amide bonds. The van der Waals surface area contributed by atoms with Crippen LogP contribution in [0, 0.1) is 18.8 Å². The topological polar surface area (TPSA) is 43.6 Å². The molecule has 1 fully saturated rings. The van der Waals surface area contributed by atoms with Gasteiger partial charge in [-0.2, -0.15) is 4.98 Å². The van der Waals surface area contributed by atoms with E-state index in [2.05, 4.69) is 67.5 Å². The quantitative estimate of drug-likeness (QED) is 0.373. The second-order valence-electron chi connectivity index (χ2n) is 7.50. The zero-order chi connectivity index (χ0) is 18.3. The molecule has 0 N–H and O–H groups in total. The van der Waals surface area contributed by atoms with Crippen molar-refractivity contribution in [2.24, 2.45) is 11.8 Å². The number of rotatable bonds is 3. The molecule has 2 aromatic heterocycles. The third kappa shape index (κ3) is 3.52. The average molecular weight is 434 g/mol. The SMILES string of the molecule is Cc1cccc(-c2nc(Cl)nc3nc(Br)n(CC4CCC(C)CC4)c23)c1. The van der Waals surface area contributed by atoms with Gasteiger partial charge in [-0.05, 0) is 65.2 Å². The van der Waals surface area contributed by atoms with Gasteiger partial charge < -0.3 is 4.57 Å². The summed E-state index contributed by atoms with van der Waals surface area (Å²) in [5, 5.41) is 0.234. The molecular formula is C20H22BrClN4. The number of hydrogen-bond acceptors (Lipinski definition) is 3. The van der Waals surface area contributed by atoms with Crippen LogP contribution in [-0.4, -0.2) is 19.5 Å². The van der Waals surface area contributed by atoms with Crippen molar-refractivity contribution in [3.8, 4) is 11.3 Å². The number of fused-ring (bicyclic) bond motifs is 1. The number of aromatic nitrogens is 4. The zero-order valence-corrected chi connectivity index (χ0v) is 17.4. The van der Waals surface area contributed by atoms with Gasteiger partial charge in [0.25, 0.3) is 0 Å². The van der Waals surface area contributed by atoms with Crippen molar-refractivity contribution in [2.45, 2.75) is 46.1 Å². The van der Waals surface area contributed by atoms with Gasteiger partial charge >= 0.3 is 0 Å². The monoisotopic (exact) mass is 432 g/mol. The van der Waals surface area contributed by atoms with Crippen LogP contribution < -0.4 is 0 Å². The average Bonchev–Trinajstić information content (AvgIpc) is 2.91. The van der Waals surface area contributed by atoms with Gasteiger partial charge in [-0.25, -0.2) is 9.97 Å². The molecule has 1 aliphatic carbocycles. The Labute approximate surface area is 167 Å². The van der Waals surface area contributed by atoms with Crippen molar-refractivity contribution in [2.75, 3.05) is 0 Å². The van der Waals surface area contributed by atoms with Crippen LogP contribution in [-0.2, 0) is 6.54 Å². The molecular weight excluding hydrogens is 412 g/mol. The summed E-state index contributed by atoms with van der Waals surface area (Å²) < 4.78 is 3.03. The van der Waals surface area contributed by atoms with Crippen LogP contribution >= 0.6 is 27.5 Å². The fourth-order valence-corrected chi connectivity index (χ4v) is 4.57. The maximum atomic E-state index is 6.20. The molecule has 26 heavy (non-hydrogen) atoms. The summed E-state index contributed by atoms with van der Waals surface area (Å²) in [7, 11) is 0. The van der Waals surface area contributed by atoms with E-state index in [0.29, 0.717) is 11.6 Å². The third-order valence-electron chi connectivity index (χ3n) is 5.40. The van der Waals surface area contributed by atoms with Crippen molar-refractivity contribution in [1.29, 1.82) is 0 Å². The molecule has 0 unspecified atom stereocenters. The van der Waals surface area contributed by atoms with Gasteiger partial charge in [-0.15, -0.1) is 0 Å². The Bertz CT molecular complexity index is 944. The fraction of sp³-hybridized carbons (Fsp3) is 0.450. The summed E-state index contributed by atoms with van der Waals surface area (Å²) in [5.41, 5.74) is 4.70. The van der Waals surface area contributed by atoms with Crippen LogP contribution in [0.3, 0.4) is 0 Å². The highest BCUT2D eigenvalue weighted by Crippen LogP contribution is 2.34. The lowest BCUT2D eigenvalue weighted by Gasteiger charge is -2.26. The van der Waals surface area contributed by atoms with Gasteiger partial charge in [-0.3, -0.25) is 0 Å². The summed E-state index contributed by atoms with van der Waals surface area (Å²) in [6.07, 6.45) is 5.15. The van der Waals surface area contributed by atoms with E-state index in [4.69, 9.17) is 11.6 Å². The van der Waals surface area contributed by atoms with Crippen molar-refractivity contribution < 1.29 is 0 Å². The normalized spacial score (nSPS) is 20.6. The van der Waals surface area contributed by atoms with E-state index in [-0.39, 0.29) is 5.28 Å². The van der Waals surface area contributed by atoms with Crippen LogP contribution in [0.25, 0.3) is 22.4 Å². The first kappa shape index (κ1) is 17.9. The third-order valence-corrected chi connectivity index (χ3v) is 6.17. The molecule has 0 spiro atoms. The van der Waals surface area contributed by atoms with Crippen molar-refractivity contribution in [3.63, 3.8) is 0 Å². The Morgan fingerprint density at radius 2 is 1.92 bits per heavy atom. The van der Waals surface area contributed by atoms with Crippen LogP contribution in [0.4, 0.5) is 0 Å². The molecule has 0 aliphatic heterocycles. The molecule has 0 bridgehead atoms. The largest absolute Gasteiger partial charge is 0.315 e. The predicted molar refractivity (Wildman–Crippen MR) is 109 cm³/mol. The number of benzene rings is 1. The second-order valence-corrected chi connectivity index (χ2v) is 8.55. The molecule has 1 aromatic carbocycles. The first-order valence-electron chi connectivity index (χ1n) is 9.17. The molecule has 3 aromatic rings. The molecule has 4 nitrogen and oxygen atoms in total. The lowest BCUT2D eigenvalue weighted by atomic mass is 9.83.